The zero-order valence-corrected chi connectivity index (χ0v) is 15.1. The van der Waals surface area contributed by atoms with E-state index < -0.39 is 5.97 Å². The third-order valence-corrected chi connectivity index (χ3v) is 4.94. The Hall–Kier alpha value is -3.60. The molecule has 0 aromatic heterocycles. The topological polar surface area (TPSA) is 75.6 Å². The summed E-state index contributed by atoms with van der Waals surface area (Å²) in [5, 5.41) is 11.9. The molecule has 0 saturated heterocycles. The highest BCUT2D eigenvalue weighted by molar-refractivity contribution is 5.88. The van der Waals surface area contributed by atoms with Gasteiger partial charge in [0.2, 0.25) is 0 Å². The molecule has 1 aliphatic carbocycles. The maximum absolute atomic E-state index is 12.2. The van der Waals surface area contributed by atoms with Crippen LogP contribution in [0.5, 0.6) is 0 Å². The molecule has 0 fully saturated rings. The number of hydrogen-bond donors (Lipinski definition) is 2. The first-order valence-corrected chi connectivity index (χ1v) is 9.04. The molecule has 0 saturated carbocycles. The number of rotatable bonds is 6. The van der Waals surface area contributed by atoms with E-state index in [4.69, 9.17) is 9.84 Å². The van der Waals surface area contributed by atoms with Crippen LogP contribution in [0, 0.1) is 0 Å². The molecule has 0 amide bonds. The van der Waals surface area contributed by atoms with E-state index in [9.17, 15) is 9.59 Å². The second kappa shape index (κ2) is 7.56. The maximum Gasteiger partial charge on any atom is 0.335 e. The van der Waals surface area contributed by atoms with E-state index in [0.29, 0.717) is 5.69 Å². The van der Waals surface area contributed by atoms with Gasteiger partial charge in [0.1, 0.15) is 13.2 Å². The van der Waals surface area contributed by atoms with Crippen LogP contribution < -0.4 is 5.32 Å². The second-order valence-corrected chi connectivity index (χ2v) is 6.65. The fourth-order valence-corrected chi connectivity index (χ4v) is 3.57. The van der Waals surface area contributed by atoms with Crippen molar-refractivity contribution in [1.29, 1.82) is 0 Å². The molecule has 3 aromatic rings. The van der Waals surface area contributed by atoms with E-state index in [1.807, 2.05) is 24.3 Å². The van der Waals surface area contributed by atoms with Crippen LogP contribution in [0.1, 0.15) is 27.4 Å². The SMILES string of the molecule is O=C(CNc1ccc(C(=O)O)cc1)OCC1c2ccccc2-c2ccccc21. The van der Waals surface area contributed by atoms with Crippen LogP contribution in [-0.2, 0) is 9.53 Å². The first-order chi connectivity index (χ1) is 13.6. The molecule has 2 N–H and O–H groups in total. The average molecular weight is 373 g/mol. The van der Waals surface area contributed by atoms with Gasteiger partial charge in [0.15, 0.2) is 0 Å². The van der Waals surface area contributed by atoms with Crippen molar-refractivity contribution < 1.29 is 19.4 Å². The number of aromatic carboxylic acids is 1. The summed E-state index contributed by atoms with van der Waals surface area (Å²) in [5.74, 6) is -1.31. The molecule has 0 bridgehead atoms. The number of carbonyl (C=O) groups excluding carboxylic acids is 1. The number of carboxylic acid groups (broad SMARTS) is 1. The fraction of sp³-hybridized carbons (Fsp3) is 0.130. The molecule has 5 nitrogen and oxygen atoms in total. The van der Waals surface area contributed by atoms with E-state index in [2.05, 4.69) is 29.6 Å². The van der Waals surface area contributed by atoms with Crippen molar-refractivity contribution in [2.75, 3.05) is 18.5 Å². The van der Waals surface area contributed by atoms with Gasteiger partial charge in [-0.1, -0.05) is 48.5 Å². The summed E-state index contributed by atoms with van der Waals surface area (Å²) in [4.78, 5) is 23.1. The Morgan fingerprint density at radius 3 is 2.00 bits per heavy atom. The lowest BCUT2D eigenvalue weighted by Gasteiger charge is -2.14. The maximum atomic E-state index is 12.2. The normalized spacial score (nSPS) is 12.1. The lowest BCUT2D eigenvalue weighted by Crippen LogP contribution is -2.20. The van der Waals surface area contributed by atoms with Crippen LogP contribution in [0.2, 0.25) is 0 Å². The molecule has 28 heavy (non-hydrogen) atoms. The number of carbonyl (C=O) groups is 2. The van der Waals surface area contributed by atoms with Gasteiger partial charge >= 0.3 is 11.9 Å². The summed E-state index contributed by atoms with van der Waals surface area (Å²) in [6.45, 7) is 0.301. The number of carboxylic acids is 1. The number of benzene rings is 3. The van der Waals surface area contributed by atoms with Crippen LogP contribution in [0.15, 0.2) is 72.8 Å². The van der Waals surface area contributed by atoms with Crippen LogP contribution in [0.25, 0.3) is 11.1 Å². The van der Waals surface area contributed by atoms with Gasteiger partial charge in [0.05, 0.1) is 5.56 Å². The van der Waals surface area contributed by atoms with Crippen molar-refractivity contribution in [3.8, 4) is 11.1 Å². The molecule has 1 aliphatic rings. The summed E-state index contributed by atoms with van der Waals surface area (Å²) in [7, 11) is 0. The quantitative estimate of drug-likeness (QED) is 0.635. The van der Waals surface area contributed by atoms with Crippen molar-refractivity contribution in [1.82, 2.24) is 0 Å². The molecule has 0 unspecified atom stereocenters. The van der Waals surface area contributed by atoms with Crippen LogP contribution in [0.4, 0.5) is 5.69 Å². The summed E-state index contributed by atoms with van der Waals surface area (Å²) in [5.41, 5.74) is 5.60. The Morgan fingerprint density at radius 1 is 0.857 bits per heavy atom. The number of fused-ring (bicyclic) bond motifs is 3. The minimum Gasteiger partial charge on any atom is -0.478 e. The lowest BCUT2D eigenvalue weighted by molar-refractivity contribution is -0.141. The molecule has 0 spiro atoms. The average Bonchev–Trinajstić information content (AvgIpc) is 3.05. The molecule has 4 rings (SSSR count). The standard InChI is InChI=1S/C23H19NO4/c25-22(13-24-16-11-9-15(10-12-16)23(26)27)28-14-21-19-7-3-1-5-17(19)18-6-2-4-8-20(18)21/h1-12,21,24H,13-14H2,(H,26,27). The van der Waals surface area contributed by atoms with E-state index in [0.717, 1.165) is 0 Å². The first kappa shape index (κ1) is 17.8. The highest BCUT2D eigenvalue weighted by Gasteiger charge is 2.28. The largest absolute Gasteiger partial charge is 0.478 e. The summed E-state index contributed by atoms with van der Waals surface area (Å²) < 4.78 is 5.53. The number of anilines is 1. The third kappa shape index (κ3) is 3.47. The van der Waals surface area contributed by atoms with Crippen molar-refractivity contribution >= 4 is 17.6 Å². The molecule has 0 heterocycles. The van der Waals surface area contributed by atoms with Gasteiger partial charge in [-0.2, -0.15) is 0 Å². The molecule has 140 valence electrons. The molecular weight excluding hydrogens is 354 g/mol. The monoisotopic (exact) mass is 373 g/mol. The lowest BCUT2D eigenvalue weighted by atomic mass is 9.98. The van der Waals surface area contributed by atoms with Gasteiger partial charge in [-0.15, -0.1) is 0 Å². The predicted molar refractivity (Wildman–Crippen MR) is 107 cm³/mol. The molecule has 0 radical (unpaired) electrons. The Kier molecular flexibility index (Phi) is 4.81. The van der Waals surface area contributed by atoms with Gasteiger partial charge < -0.3 is 15.2 Å². The van der Waals surface area contributed by atoms with Crippen molar-refractivity contribution in [3.63, 3.8) is 0 Å². The number of nitrogens with one attached hydrogen (secondary N) is 1. The molecule has 5 heteroatoms. The Labute approximate surface area is 162 Å². The van der Waals surface area contributed by atoms with Crippen LogP contribution in [0.3, 0.4) is 0 Å². The first-order valence-electron chi connectivity index (χ1n) is 9.04. The Morgan fingerprint density at radius 2 is 1.43 bits per heavy atom. The minimum absolute atomic E-state index is 0.0163. The van der Waals surface area contributed by atoms with Gasteiger partial charge in [0, 0.05) is 11.6 Å². The van der Waals surface area contributed by atoms with Gasteiger partial charge in [-0.25, -0.2) is 4.79 Å². The predicted octanol–water partition coefficient (Wildman–Crippen LogP) is 4.15. The zero-order valence-electron chi connectivity index (χ0n) is 15.1. The highest BCUT2D eigenvalue weighted by atomic mass is 16.5. The Bertz CT molecular complexity index is 981. The fourth-order valence-electron chi connectivity index (χ4n) is 3.57. The molecular formula is C23H19NO4. The van der Waals surface area contributed by atoms with E-state index >= 15 is 0 Å². The van der Waals surface area contributed by atoms with E-state index in [1.165, 1.54) is 34.4 Å². The van der Waals surface area contributed by atoms with Crippen LogP contribution >= 0.6 is 0 Å². The van der Waals surface area contributed by atoms with Crippen molar-refractivity contribution in [2.45, 2.75) is 5.92 Å². The van der Waals surface area contributed by atoms with Crippen molar-refractivity contribution in [2.24, 2.45) is 0 Å². The number of esters is 1. The second-order valence-electron chi connectivity index (χ2n) is 6.65. The number of ether oxygens (including phenoxy) is 1. The van der Waals surface area contributed by atoms with Gasteiger partial charge in [0.25, 0.3) is 0 Å². The minimum atomic E-state index is -0.983. The van der Waals surface area contributed by atoms with Gasteiger partial charge in [-0.3, -0.25) is 4.79 Å². The number of hydrogen-bond acceptors (Lipinski definition) is 4. The highest BCUT2D eigenvalue weighted by Crippen LogP contribution is 2.44. The molecule has 0 atom stereocenters. The van der Waals surface area contributed by atoms with E-state index in [-0.39, 0.29) is 30.6 Å². The zero-order chi connectivity index (χ0) is 19.5. The summed E-state index contributed by atoms with van der Waals surface area (Å²) in [6.07, 6.45) is 0. The third-order valence-electron chi connectivity index (χ3n) is 4.94. The molecule has 0 aliphatic heterocycles. The smallest absolute Gasteiger partial charge is 0.335 e. The Balaban J connectivity index is 1.38. The van der Waals surface area contributed by atoms with Gasteiger partial charge in [-0.05, 0) is 46.5 Å². The van der Waals surface area contributed by atoms with E-state index in [1.54, 1.807) is 12.1 Å². The molecule has 3 aromatic carbocycles. The van der Waals surface area contributed by atoms with Crippen molar-refractivity contribution in [3.05, 3.63) is 89.5 Å². The summed E-state index contributed by atoms with van der Waals surface area (Å²) in [6, 6.07) is 22.6. The van der Waals surface area contributed by atoms with Crippen LogP contribution in [-0.4, -0.2) is 30.2 Å². The summed E-state index contributed by atoms with van der Waals surface area (Å²) >= 11 is 0.